The van der Waals surface area contributed by atoms with Crippen molar-refractivity contribution in [1.29, 1.82) is 0 Å². The number of phenolic OH excluding ortho intramolecular Hbond substituents is 3. The smallest absolute Gasteiger partial charge is 0.239 e. The Morgan fingerprint density at radius 2 is 1.26 bits per heavy atom. The molecule has 3 aliphatic heterocycles. The molecule has 0 saturated carbocycles. The Labute approximate surface area is 298 Å². The lowest BCUT2D eigenvalue weighted by Crippen LogP contribution is -2.64. The highest BCUT2D eigenvalue weighted by Crippen LogP contribution is 2.40. The summed E-state index contributed by atoms with van der Waals surface area (Å²) in [6, 6.07) is 5.35. The average Bonchev–Trinajstić information content (AvgIpc) is 3.12. The highest BCUT2D eigenvalue weighted by molar-refractivity contribution is 5.88. The Balaban J connectivity index is 1.42. The fourth-order valence-electron chi connectivity index (χ4n) is 6.23. The third-order valence-electron chi connectivity index (χ3n) is 9.36. The van der Waals surface area contributed by atoms with Crippen LogP contribution in [0, 0.1) is 0 Å². The molecule has 292 valence electrons. The van der Waals surface area contributed by atoms with Gasteiger partial charge in [-0.15, -0.1) is 0 Å². The summed E-state index contributed by atoms with van der Waals surface area (Å²) in [5, 5.41) is 124. The van der Waals surface area contributed by atoms with Gasteiger partial charge in [0.25, 0.3) is 0 Å². The summed E-state index contributed by atoms with van der Waals surface area (Å²) in [6.07, 6.45) is -24.6. The number of hydrogen-bond donors (Lipinski definition) is 12. The summed E-state index contributed by atoms with van der Waals surface area (Å²) in [6.45, 7) is 1.95. The third-order valence-corrected chi connectivity index (χ3v) is 9.36. The molecule has 4 heterocycles. The van der Waals surface area contributed by atoms with E-state index in [0.29, 0.717) is 0 Å². The van der Waals surface area contributed by atoms with Gasteiger partial charge < -0.3 is 94.1 Å². The normalized spacial score (nSPS) is 37.8. The maximum atomic E-state index is 14.2. The number of hydrogen-bond acceptors (Lipinski definition) is 20. The zero-order valence-corrected chi connectivity index (χ0v) is 27.9. The van der Waals surface area contributed by atoms with Crippen molar-refractivity contribution < 1.29 is 94.1 Å². The summed E-state index contributed by atoms with van der Waals surface area (Å²) in [5.41, 5.74) is -1.53. The van der Waals surface area contributed by atoms with Gasteiger partial charge in [0.1, 0.15) is 77.4 Å². The Hall–Kier alpha value is -3.87. The molecule has 3 saturated heterocycles. The van der Waals surface area contributed by atoms with E-state index < -0.39 is 138 Å². The fraction of sp³-hybridized carbons (Fsp3) is 0.545. The van der Waals surface area contributed by atoms with Crippen LogP contribution in [0.4, 0.5) is 0 Å². The third kappa shape index (κ3) is 7.22. The minimum atomic E-state index is -1.96. The summed E-state index contributed by atoms with van der Waals surface area (Å²) in [7, 11) is 0. The van der Waals surface area contributed by atoms with E-state index in [1.54, 1.807) is 0 Å². The van der Waals surface area contributed by atoms with E-state index in [0.717, 1.165) is 24.3 Å². The average molecular weight is 757 g/mol. The van der Waals surface area contributed by atoms with Crippen molar-refractivity contribution >= 4 is 11.0 Å². The molecular weight excluding hydrogens is 716 g/mol. The highest BCUT2D eigenvalue weighted by atomic mass is 16.8. The van der Waals surface area contributed by atoms with Gasteiger partial charge in [-0.1, -0.05) is 0 Å². The van der Waals surface area contributed by atoms with Crippen molar-refractivity contribution in [2.24, 2.45) is 0 Å². The molecule has 2 aromatic carbocycles. The van der Waals surface area contributed by atoms with Crippen LogP contribution in [-0.4, -0.2) is 160 Å². The number of benzene rings is 2. The second-order valence-corrected chi connectivity index (χ2v) is 13.0. The van der Waals surface area contributed by atoms with Gasteiger partial charge in [0, 0.05) is 17.7 Å². The molecule has 3 fully saturated rings. The Kier molecular flexibility index (Phi) is 11.1. The molecule has 6 rings (SSSR count). The molecule has 12 N–H and O–H groups in total. The standard InChI is InChI=1S/C33H40O20/c1-9-19(38)23(42)26(45)31(47-9)49-12-6-15(37)18-16(7-12)50-28(11-3-4-13(35)14(36)5-11)29(22(18)41)52-33-30(25(44)20(39)10(2)48-33)53-32-27(46)24(43)21(40)17(8-34)51-32/h3-7,9-10,17,19-21,23-27,30-40,42-46H,8H2,1-2H3. The van der Waals surface area contributed by atoms with Crippen molar-refractivity contribution in [3.05, 3.63) is 40.6 Å². The number of rotatable bonds is 8. The largest absolute Gasteiger partial charge is 0.507 e. The lowest BCUT2D eigenvalue weighted by molar-refractivity contribution is -0.355. The first-order chi connectivity index (χ1) is 25.0. The Morgan fingerprint density at radius 1 is 0.642 bits per heavy atom. The summed E-state index contributed by atoms with van der Waals surface area (Å²) in [5.74, 6) is -3.38. The van der Waals surface area contributed by atoms with E-state index in [-0.39, 0.29) is 16.9 Å². The SMILES string of the molecule is CC1OC(Oc2cc(O)c3c(=O)c(OC4OC(C)C(O)C(O)C4OC4OC(CO)C(O)C(O)C4O)c(-c4ccc(O)c(O)c4)oc3c2)C(O)C(O)C1O. The monoisotopic (exact) mass is 756 g/mol. The van der Waals surface area contributed by atoms with E-state index in [2.05, 4.69) is 0 Å². The molecule has 1 aromatic heterocycles. The van der Waals surface area contributed by atoms with Crippen molar-refractivity contribution in [2.45, 2.75) is 106 Å². The van der Waals surface area contributed by atoms with Crippen LogP contribution in [0.15, 0.2) is 39.5 Å². The predicted molar refractivity (Wildman–Crippen MR) is 172 cm³/mol. The summed E-state index contributed by atoms with van der Waals surface area (Å²) in [4.78, 5) is 14.2. The zero-order chi connectivity index (χ0) is 38.6. The number of fused-ring (bicyclic) bond motifs is 1. The van der Waals surface area contributed by atoms with Crippen molar-refractivity contribution in [1.82, 2.24) is 0 Å². The summed E-state index contributed by atoms with van der Waals surface area (Å²) >= 11 is 0. The molecule has 15 atom stereocenters. The van der Waals surface area contributed by atoms with Crippen molar-refractivity contribution in [3.8, 4) is 40.1 Å². The topological polar surface area (TPSA) is 328 Å². The minimum Gasteiger partial charge on any atom is -0.507 e. The molecule has 0 radical (unpaired) electrons. The number of phenols is 3. The maximum Gasteiger partial charge on any atom is 0.239 e. The molecule has 15 unspecified atom stereocenters. The molecule has 0 amide bonds. The van der Waals surface area contributed by atoms with E-state index in [1.807, 2.05) is 0 Å². The molecular formula is C33H40O20. The van der Waals surface area contributed by atoms with Gasteiger partial charge >= 0.3 is 0 Å². The van der Waals surface area contributed by atoms with Crippen LogP contribution in [0.1, 0.15) is 13.8 Å². The van der Waals surface area contributed by atoms with Gasteiger partial charge in [-0.2, -0.15) is 0 Å². The van der Waals surface area contributed by atoms with E-state index >= 15 is 0 Å². The summed E-state index contributed by atoms with van der Waals surface area (Å²) < 4.78 is 39.9. The van der Waals surface area contributed by atoms with Crippen LogP contribution in [0.25, 0.3) is 22.3 Å². The van der Waals surface area contributed by atoms with Crippen LogP contribution in [0.2, 0.25) is 0 Å². The van der Waals surface area contributed by atoms with Crippen molar-refractivity contribution in [3.63, 3.8) is 0 Å². The van der Waals surface area contributed by atoms with Gasteiger partial charge in [-0.05, 0) is 32.0 Å². The van der Waals surface area contributed by atoms with Crippen molar-refractivity contribution in [2.75, 3.05) is 6.61 Å². The zero-order valence-electron chi connectivity index (χ0n) is 27.9. The van der Waals surface area contributed by atoms with Crippen LogP contribution in [0.3, 0.4) is 0 Å². The van der Waals surface area contributed by atoms with Gasteiger partial charge in [-0.25, -0.2) is 0 Å². The number of ether oxygens (including phenoxy) is 6. The van der Waals surface area contributed by atoms with Crippen LogP contribution >= 0.6 is 0 Å². The number of aliphatic hydroxyl groups excluding tert-OH is 9. The molecule has 0 bridgehead atoms. The Bertz CT molecular complexity index is 1830. The van der Waals surface area contributed by atoms with E-state index in [9.17, 15) is 66.1 Å². The fourth-order valence-corrected chi connectivity index (χ4v) is 6.23. The molecule has 3 aromatic rings. The predicted octanol–water partition coefficient (Wildman–Crippen LogP) is -3.19. The van der Waals surface area contributed by atoms with Crippen LogP contribution in [0.5, 0.6) is 28.7 Å². The van der Waals surface area contributed by atoms with Crippen LogP contribution in [-0.2, 0) is 18.9 Å². The second-order valence-electron chi connectivity index (χ2n) is 13.0. The molecule has 3 aliphatic rings. The molecule has 0 aliphatic carbocycles. The maximum absolute atomic E-state index is 14.2. The van der Waals surface area contributed by atoms with E-state index in [1.165, 1.54) is 19.9 Å². The second kappa shape index (κ2) is 15.1. The number of aromatic hydroxyl groups is 3. The first-order valence-electron chi connectivity index (χ1n) is 16.4. The van der Waals surface area contributed by atoms with Gasteiger partial charge in [0.05, 0.1) is 18.8 Å². The Morgan fingerprint density at radius 3 is 1.92 bits per heavy atom. The molecule has 20 heteroatoms. The highest BCUT2D eigenvalue weighted by Gasteiger charge is 2.51. The van der Waals surface area contributed by atoms with Gasteiger partial charge in [0.15, 0.2) is 29.7 Å². The number of aliphatic hydroxyl groups is 9. The lowest BCUT2D eigenvalue weighted by Gasteiger charge is -2.45. The quantitative estimate of drug-likeness (QED) is 0.101. The van der Waals surface area contributed by atoms with Gasteiger partial charge in [0.2, 0.25) is 23.8 Å². The molecule has 53 heavy (non-hydrogen) atoms. The lowest BCUT2D eigenvalue weighted by atomic mass is 9.97. The van der Waals surface area contributed by atoms with E-state index in [4.69, 9.17) is 32.8 Å². The van der Waals surface area contributed by atoms with Crippen LogP contribution < -0.4 is 14.9 Å². The molecule has 20 nitrogen and oxygen atoms in total. The minimum absolute atomic E-state index is 0.0899. The first kappa shape index (κ1) is 38.8. The molecule has 0 spiro atoms. The van der Waals surface area contributed by atoms with Gasteiger partial charge in [-0.3, -0.25) is 4.79 Å². The first-order valence-corrected chi connectivity index (χ1v) is 16.4.